The highest BCUT2D eigenvalue weighted by Gasteiger charge is 2.15. The Hall–Kier alpha value is -4.80. The molecule has 0 radical (unpaired) electrons. The quantitative estimate of drug-likeness (QED) is 0.331. The van der Waals surface area contributed by atoms with Crippen molar-refractivity contribution in [2.24, 2.45) is 0 Å². The van der Waals surface area contributed by atoms with E-state index in [0.29, 0.717) is 11.1 Å². The van der Waals surface area contributed by atoms with Gasteiger partial charge in [-0.1, -0.05) is 0 Å². The number of carboxylic acid groups (broad SMARTS) is 4. The van der Waals surface area contributed by atoms with Crippen LogP contribution in [0.4, 0.5) is 0 Å². The van der Waals surface area contributed by atoms with E-state index in [-0.39, 0.29) is 60.2 Å². The lowest BCUT2D eigenvalue weighted by Gasteiger charge is -2.22. The maximum atomic E-state index is 11.3. The molecule has 40 heavy (non-hydrogen) atoms. The first kappa shape index (κ1) is 31.4. The Labute approximate surface area is 241 Å². The van der Waals surface area contributed by atoms with E-state index in [1.165, 1.54) is 24.3 Å². The molecule has 12 heteroatoms. The Morgan fingerprint density at radius 1 is 0.475 bits per heavy atom. The van der Waals surface area contributed by atoms with Crippen molar-refractivity contribution in [2.75, 3.05) is 0 Å². The van der Waals surface area contributed by atoms with Gasteiger partial charge in [-0.2, -0.15) is 0 Å². The van der Waals surface area contributed by atoms with Crippen LogP contribution in [0.5, 0.6) is 0 Å². The minimum absolute atomic E-state index is 0. The van der Waals surface area contributed by atoms with E-state index < -0.39 is 23.9 Å². The molecular formula is C28H24Cl2N2O8. The van der Waals surface area contributed by atoms with Gasteiger partial charge in [0, 0.05) is 37.9 Å². The Morgan fingerprint density at radius 3 is 0.950 bits per heavy atom. The van der Waals surface area contributed by atoms with Crippen LogP contribution >= 0.6 is 24.8 Å². The molecule has 2 aliphatic heterocycles. The number of benzene rings is 2. The number of carbonyl (C=O) groups is 4. The van der Waals surface area contributed by atoms with Crippen molar-refractivity contribution in [1.82, 2.24) is 9.80 Å². The molecule has 2 aromatic rings. The summed E-state index contributed by atoms with van der Waals surface area (Å²) in [5.74, 6) is -4.80. The van der Waals surface area contributed by atoms with Crippen LogP contribution in [-0.4, -0.2) is 54.1 Å². The highest BCUT2D eigenvalue weighted by atomic mass is 35.5. The number of hydrogen-bond acceptors (Lipinski definition) is 6. The number of aromatic carboxylic acids is 4. The molecule has 0 bridgehead atoms. The standard InChI is InChI=1S/C28H22N2O8.2ClH/c31-25(32)21-9-17(10-22(13-21)26(33)34)15-29-5-1-19(2-6-29)20-3-7-30(8-4-20)16-18-11-23(27(35)36)14-24(12-18)28(37)38;;/h1-14H,15-16H2,(H,31,32)(H,33,34)(H,35,36)(H,37,38);2*1H. The fourth-order valence-electron chi connectivity index (χ4n) is 3.99. The zero-order valence-electron chi connectivity index (χ0n) is 20.6. The summed E-state index contributed by atoms with van der Waals surface area (Å²) in [4.78, 5) is 49.0. The van der Waals surface area contributed by atoms with Crippen LogP contribution in [0.1, 0.15) is 52.6 Å². The predicted octanol–water partition coefficient (Wildman–Crippen LogP) is 5.01. The summed E-state index contributed by atoms with van der Waals surface area (Å²) in [6.45, 7) is 0.564. The van der Waals surface area contributed by atoms with Crippen LogP contribution < -0.4 is 0 Å². The number of nitrogens with zero attached hydrogens (tertiary/aromatic N) is 2. The molecule has 2 aromatic carbocycles. The van der Waals surface area contributed by atoms with Crippen molar-refractivity contribution in [3.05, 3.63) is 130 Å². The van der Waals surface area contributed by atoms with Gasteiger partial charge < -0.3 is 30.2 Å². The van der Waals surface area contributed by atoms with Gasteiger partial charge in [-0.05, 0) is 83.0 Å². The number of carboxylic acids is 4. The molecule has 0 spiro atoms. The average molecular weight is 587 g/mol. The number of hydrogen-bond donors (Lipinski definition) is 4. The molecule has 0 aliphatic carbocycles. The number of allylic oxidation sites excluding steroid dienone is 6. The SMILES string of the molecule is Cl.Cl.O=C(O)c1cc(CN2C=CC(=C3C=CN(Cc4cc(C(=O)O)cc(C(=O)O)c4)C=C3)C=C2)cc(C(=O)O)c1. The minimum atomic E-state index is -1.20. The summed E-state index contributed by atoms with van der Waals surface area (Å²) >= 11 is 0. The van der Waals surface area contributed by atoms with E-state index in [1.54, 1.807) is 34.6 Å². The molecule has 0 saturated heterocycles. The molecule has 10 nitrogen and oxygen atoms in total. The molecule has 0 aromatic heterocycles. The van der Waals surface area contributed by atoms with Crippen molar-refractivity contribution in [3.63, 3.8) is 0 Å². The van der Waals surface area contributed by atoms with Crippen molar-refractivity contribution in [3.8, 4) is 0 Å². The van der Waals surface area contributed by atoms with Gasteiger partial charge in [-0.15, -0.1) is 24.8 Å². The van der Waals surface area contributed by atoms with Crippen molar-refractivity contribution in [2.45, 2.75) is 13.1 Å². The Kier molecular flexibility index (Phi) is 10.5. The van der Waals surface area contributed by atoms with Crippen LogP contribution in [0, 0.1) is 0 Å². The molecule has 0 atom stereocenters. The highest BCUT2D eigenvalue weighted by molar-refractivity contribution is 5.95. The normalized spacial score (nSPS) is 13.5. The second-order valence-electron chi connectivity index (χ2n) is 8.58. The van der Waals surface area contributed by atoms with Crippen LogP contribution in [0.3, 0.4) is 0 Å². The van der Waals surface area contributed by atoms with Gasteiger partial charge >= 0.3 is 23.9 Å². The predicted molar refractivity (Wildman–Crippen MR) is 150 cm³/mol. The summed E-state index contributed by atoms with van der Waals surface area (Å²) in [6.07, 6.45) is 14.7. The monoisotopic (exact) mass is 586 g/mol. The van der Waals surface area contributed by atoms with Crippen LogP contribution in [-0.2, 0) is 13.1 Å². The highest BCUT2D eigenvalue weighted by Crippen LogP contribution is 2.23. The first-order valence-electron chi connectivity index (χ1n) is 11.3. The topological polar surface area (TPSA) is 156 Å². The lowest BCUT2D eigenvalue weighted by molar-refractivity contribution is 0.0676. The van der Waals surface area contributed by atoms with E-state index in [0.717, 1.165) is 23.3 Å². The van der Waals surface area contributed by atoms with Crippen molar-refractivity contribution >= 4 is 48.7 Å². The molecule has 4 rings (SSSR count). The van der Waals surface area contributed by atoms with Crippen LogP contribution in [0.2, 0.25) is 0 Å². The van der Waals surface area contributed by atoms with E-state index in [4.69, 9.17) is 0 Å². The first-order valence-corrected chi connectivity index (χ1v) is 11.3. The Bertz CT molecular complexity index is 1300. The molecule has 4 N–H and O–H groups in total. The second-order valence-corrected chi connectivity index (χ2v) is 8.58. The third kappa shape index (κ3) is 7.62. The van der Waals surface area contributed by atoms with E-state index in [9.17, 15) is 39.6 Å². The molecule has 0 saturated carbocycles. The van der Waals surface area contributed by atoms with E-state index in [2.05, 4.69) is 0 Å². The fourth-order valence-corrected chi connectivity index (χ4v) is 3.99. The summed E-state index contributed by atoms with van der Waals surface area (Å²) in [7, 11) is 0. The maximum Gasteiger partial charge on any atom is 0.335 e. The largest absolute Gasteiger partial charge is 0.478 e. The lowest BCUT2D eigenvalue weighted by atomic mass is 10.0. The third-order valence-corrected chi connectivity index (χ3v) is 5.82. The molecule has 0 fully saturated rings. The van der Waals surface area contributed by atoms with Gasteiger partial charge in [-0.3, -0.25) is 0 Å². The lowest BCUT2D eigenvalue weighted by Crippen LogP contribution is -2.14. The Morgan fingerprint density at radius 2 is 0.725 bits per heavy atom. The smallest absolute Gasteiger partial charge is 0.335 e. The van der Waals surface area contributed by atoms with Gasteiger partial charge in [0.25, 0.3) is 0 Å². The van der Waals surface area contributed by atoms with Gasteiger partial charge in [0.1, 0.15) is 0 Å². The van der Waals surface area contributed by atoms with Crippen LogP contribution in [0.15, 0.2) is 96.6 Å². The van der Waals surface area contributed by atoms with Crippen molar-refractivity contribution in [1.29, 1.82) is 0 Å². The zero-order valence-corrected chi connectivity index (χ0v) is 22.3. The summed E-state index contributed by atoms with van der Waals surface area (Å²) < 4.78 is 0. The van der Waals surface area contributed by atoms with Gasteiger partial charge in [-0.25, -0.2) is 19.2 Å². The summed E-state index contributed by atoms with van der Waals surface area (Å²) in [5, 5.41) is 37.1. The average Bonchev–Trinajstić information content (AvgIpc) is 2.89. The molecule has 2 heterocycles. The molecular weight excluding hydrogens is 563 g/mol. The van der Waals surface area contributed by atoms with Crippen molar-refractivity contribution < 1.29 is 39.6 Å². The van der Waals surface area contributed by atoms with Crippen LogP contribution in [0.25, 0.3) is 0 Å². The molecule has 208 valence electrons. The van der Waals surface area contributed by atoms with Gasteiger partial charge in [0.2, 0.25) is 0 Å². The van der Waals surface area contributed by atoms with E-state index >= 15 is 0 Å². The summed E-state index contributed by atoms with van der Waals surface area (Å²) in [5.41, 5.74) is 2.51. The molecule has 2 aliphatic rings. The van der Waals surface area contributed by atoms with Gasteiger partial charge in [0.15, 0.2) is 0 Å². The van der Waals surface area contributed by atoms with Gasteiger partial charge in [0.05, 0.1) is 22.3 Å². The zero-order chi connectivity index (χ0) is 27.4. The first-order chi connectivity index (χ1) is 18.1. The minimum Gasteiger partial charge on any atom is -0.478 e. The number of halogens is 2. The third-order valence-electron chi connectivity index (χ3n) is 5.82. The summed E-state index contributed by atoms with van der Waals surface area (Å²) in [6, 6.07) is 8.01. The second kappa shape index (κ2) is 13.3. The molecule has 0 amide bonds. The van der Waals surface area contributed by atoms with E-state index in [1.807, 2.05) is 24.3 Å². The molecule has 0 unspecified atom stereocenters. The maximum absolute atomic E-state index is 11.3. The fraction of sp³-hybridized carbons (Fsp3) is 0.0714. The Balaban J connectivity index is 0.00000280. The number of rotatable bonds is 8.